The van der Waals surface area contributed by atoms with Crippen molar-refractivity contribution in [1.82, 2.24) is 4.98 Å². The summed E-state index contributed by atoms with van der Waals surface area (Å²) in [4.78, 5) is 15.7. The molecular weight excluding hydrogens is 234 g/mol. The molecule has 1 aromatic heterocycles. The fourth-order valence-electron chi connectivity index (χ4n) is 1.75. The van der Waals surface area contributed by atoms with E-state index in [0.717, 1.165) is 12.8 Å². The Balaban J connectivity index is 2.19. The molecule has 1 rings (SSSR count). The van der Waals surface area contributed by atoms with Crippen molar-refractivity contribution in [1.29, 1.82) is 0 Å². The number of carbonyl (C=O) groups excluding carboxylic acids is 1. The Labute approximate surface area is 108 Å². The smallest absolute Gasteiger partial charge is 0.164 e. The highest BCUT2D eigenvalue weighted by atomic mass is 35.5. The minimum Gasteiger partial charge on any atom is -0.294 e. The highest BCUT2D eigenvalue weighted by molar-refractivity contribution is 6.29. The van der Waals surface area contributed by atoms with E-state index in [4.69, 9.17) is 11.6 Å². The molecule has 0 saturated carbocycles. The van der Waals surface area contributed by atoms with Gasteiger partial charge in [0.25, 0.3) is 0 Å². The van der Waals surface area contributed by atoms with Crippen LogP contribution in [0.2, 0.25) is 5.15 Å². The van der Waals surface area contributed by atoms with Gasteiger partial charge in [-0.15, -0.1) is 0 Å². The first-order valence-corrected chi connectivity index (χ1v) is 6.76. The first-order chi connectivity index (χ1) is 8.24. The number of halogens is 1. The number of rotatable bonds is 8. The van der Waals surface area contributed by atoms with Crippen LogP contribution in [0.25, 0.3) is 0 Å². The predicted molar refractivity (Wildman–Crippen MR) is 71.6 cm³/mol. The molecule has 0 aliphatic carbocycles. The van der Waals surface area contributed by atoms with Gasteiger partial charge < -0.3 is 0 Å². The van der Waals surface area contributed by atoms with Crippen molar-refractivity contribution in [3.8, 4) is 0 Å². The van der Waals surface area contributed by atoms with Crippen molar-refractivity contribution < 1.29 is 4.79 Å². The van der Waals surface area contributed by atoms with E-state index >= 15 is 0 Å². The molecule has 0 fully saturated rings. The Morgan fingerprint density at radius 1 is 1.18 bits per heavy atom. The lowest BCUT2D eigenvalue weighted by Crippen LogP contribution is -1.99. The summed E-state index contributed by atoms with van der Waals surface area (Å²) >= 11 is 5.67. The van der Waals surface area contributed by atoms with Gasteiger partial charge in [-0.25, -0.2) is 4.98 Å². The van der Waals surface area contributed by atoms with E-state index in [-0.39, 0.29) is 5.78 Å². The summed E-state index contributed by atoms with van der Waals surface area (Å²) in [5, 5.41) is 0.432. The fourth-order valence-corrected chi connectivity index (χ4v) is 1.86. The van der Waals surface area contributed by atoms with Crippen LogP contribution in [-0.2, 0) is 0 Å². The second-order valence-corrected chi connectivity index (χ2v) is 4.70. The van der Waals surface area contributed by atoms with Gasteiger partial charge >= 0.3 is 0 Å². The maximum Gasteiger partial charge on any atom is 0.164 e. The van der Waals surface area contributed by atoms with Gasteiger partial charge in [-0.2, -0.15) is 0 Å². The van der Waals surface area contributed by atoms with Crippen LogP contribution in [0.15, 0.2) is 18.3 Å². The molecule has 0 aliphatic heterocycles. The van der Waals surface area contributed by atoms with Crippen LogP contribution < -0.4 is 0 Å². The number of hydrogen-bond donors (Lipinski definition) is 0. The SMILES string of the molecule is CCCCCCCCC(=O)c1ccc(Cl)nc1. The zero-order valence-corrected chi connectivity index (χ0v) is 11.2. The minimum absolute atomic E-state index is 0.171. The van der Waals surface area contributed by atoms with Gasteiger partial charge in [0, 0.05) is 18.2 Å². The average molecular weight is 254 g/mol. The maximum atomic E-state index is 11.8. The third-order valence-corrected chi connectivity index (χ3v) is 3.03. The quantitative estimate of drug-likeness (QED) is 0.383. The summed E-state index contributed by atoms with van der Waals surface area (Å²) in [5.41, 5.74) is 0.669. The van der Waals surface area contributed by atoms with E-state index in [1.54, 1.807) is 18.3 Å². The van der Waals surface area contributed by atoms with Gasteiger partial charge in [-0.1, -0.05) is 50.6 Å². The molecule has 2 nitrogen and oxygen atoms in total. The molecule has 0 radical (unpaired) electrons. The lowest BCUT2D eigenvalue weighted by Gasteiger charge is -2.01. The number of hydrogen-bond acceptors (Lipinski definition) is 2. The Morgan fingerprint density at radius 2 is 1.88 bits per heavy atom. The standard InChI is InChI=1S/C14H20ClNO/c1-2-3-4-5-6-7-8-13(17)12-9-10-14(15)16-11-12/h9-11H,2-8H2,1H3. The van der Waals surface area contributed by atoms with Crippen LogP contribution in [0.5, 0.6) is 0 Å². The van der Waals surface area contributed by atoms with Crippen LogP contribution >= 0.6 is 11.6 Å². The predicted octanol–water partition coefficient (Wildman–Crippen LogP) is 4.67. The first-order valence-electron chi connectivity index (χ1n) is 6.38. The van der Waals surface area contributed by atoms with Crippen molar-refractivity contribution >= 4 is 17.4 Å². The third kappa shape index (κ3) is 5.83. The Kier molecular flexibility index (Phi) is 6.87. The van der Waals surface area contributed by atoms with Gasteiger partial charge in [-0.3, -0.25) is 4.79 Å². The molecule has 0 bridgehead atoms. The monoisotopic (exact) mass is 253 g/mol. The van der Waals surface area contributed by atoms with Crippen LogP contribution in [0, 0.1) is 0 Å². The molecule has 3 heteroatoms. The molecule has 0 atom stereocenters. The van der Waals surface area contributed by atoms with Crippen LogP contribution in [-0.4, -0.2) is 10.8 Å². The molecule has 0 N–H and O–H groups in total. The molecule has 0 spiro atoms. The molecule has 0 unspecified atom stereocenters. The summed E-state index contributed by atoms with van der Waals surface area (Å²) < 4.78 is 0. The molecular formula is C14H20ClNO. The number of pyridine rings is 1. The summed E-state index contributed by atoms with van der Waals surface area (Å²) in [7, 11) is 0. The van der Waals surface area contributed by atoms with Gasteiger partial charge in [-0.05, 0) is 18.6 Å². The van der Waals surface area contributed by atoms with Gasteiger partial charge in [0.2, 0.25) is 0 Å². The average Bonchev–Trinajstić information content (AvgIpc) is 2.34. The molecule has 0 saturated heterocycles. The van der Waals surface area contributed by atoms with Crippen molar-refractivity contribution in [2.45, 2.75) is 51.9 Å². The van der Waals surface area contributed by atoms with Crippen LogP contribution in [0.1, 0.15) is 62.2 Å². The second-order valence-electron chi connectivity index (χ2n) is 4.31. The highest BCUT2D eigenvalue weighted by Gasteiger charge is 2.05. The third-order valence-electron chi connectivity index (χ3n) is 2.81. The molecule has 0 aromatic carbocycles. The van der Waals surface area contributed by atoms with Crippen molar-refractivity contribution in [2.24, 2.45) is 0 Å². The van der Waals surface area contributed by atoms with E-state index < -0.39 is 0 Å². The van der Waals surface area contributed by atoms with E-state index in [2.05, 4.69) is 11.9 Å². The second kappa shape index (κ2) is 8.24. The Bertz CT molecular complexity index is 335. The van der Waals surface area contributed by atoms with Gasteiger partial charge in [0.1, 0.15) is 5.15 Å². The molecule has 0 amide bonds. The highest BCUT2D eigenvalue weighted by Crippen LogP contribution is 2.11. The van der Waals surface area contributed by atoms with Gasteiger partial charge in [0.05, 0.1) is 0 Å². The van der Waals surface area contributed by atoms with Crippen molar-refractivity contribution in [3.05, 3.63) is 29.0 Å². The van der Waals surface area contributed by atoms with Crippen LogP contribution in [0.3, 0.4) is 0 Å². The van der Waals surface area contributed by atoms with Crippen LogP contribution in [0.4, 0.5) is 0 Å². The minimum atomic E-state index is 0.171. The Hall–Kier alpha value is -0.890. The number of aromatic nitrogens is 1. The van der Waals surface area contributed by atoms with E-state index in [1.165, 1.54) is 25.7 Å². The van der Waals surface area contributed by atoms with E-state index in [9.17, 15) is 4.79 Å². The number of ketones is 1. The Morgan fingerprint density at radius 3 is 2.53 bits per heavy atom. The number of nitrogens with zero attached hydrogens (tertiary/aromatic N) is 1. The number of Topliss-reactive ketones (excluding diaryl/α,β-unsaturated/α-hetero) is 1. The first kappa shape index (κ1) is 14.2. The number of unbranched alkanes of at least 4 members (excludes halogenated alkanes) is 5. The fraction of sp³-hybridized carbons (Fsp3) is 0.571. The lowest BCUT2D eigenvalue weighted by atomic mass is 10.0. The lowest BCUT2D eigenvalue weighted by molar-refractivity contribution is 0.0979. The summed E-state index contributed by atoms with van der Waals surface area (Å²) in [6, 6.07) is 3.41. The molecule has 17 heavy (non-hydrogen) atoms. The molecule has 0 aliphatic rings. The molecule has 1 heterocycles. The van der Waals surface area contributed by atoms with Crippen molar-refractivity contribution in [2.75, 3.05) is 0 Å². The zero-order chi connectivity index (χ0) is 12.5. The maximum absolute atomic E-state index is 11.8. The largest absolute Gasteiger partial charge is 0.294 e. The zero-order valence-electron chi connectivity index (χ0n) is 10.4. The molecule has 94 valence electrons. The van der Waals surface area contributed by atoms with Gasteiger partial charge in [0.15, 0.2) is 5.78 Å². The summed E-state index contributed by atoms with van der Waals surface area (Å²) in [6.45, 7) is 2.21. The topological polar surface area (TPSA) is 30.0 Å². The summed E-state index contributed by atoms with van der Waals surface area (Å²) in [6.07, 6.45) is 9.38. The normalized spacial score (nSPS) is 10.5. The number of carbonyl (C=O) groups is 1. The summed E-state index contributed by atoms with van der Waals surface area (Å²) in [5.74, 6) is 0.171. The molecule has 1 aromatic rings. The van der Waals surface area contributed by atoms with Crippen molar-refractivity contribution in [3.63, 3.8) is 0 Å². The van der Waals surface area contributed by atoms with E-state index in [1.807, 2.05) is 0 Å². The van der Waals surface area contributed by atoms with E-state index in [0.29, 0.717) is 17.1 Å².